The standard InChI is InChI=1S/C15H17NO2/c17-11-13-4-1-3-12-6-8-16(15(12)13)9-7-14-5-2-10-18-14/h1,3-4,6,8,11,14H,2,5,7,9-10H2. The molecular weight excluding hydrogens is 226 g/mol. The van der Waals surface area contributed by atoms with Crippen LogP contribution >= 0.6 is 0 Å². The Morgan fingerprint density at radius 3 is 3.11 bits per heavy atom. The van der Waals surface area contributed by atoms with E-state index in [0.717, 1.165) is 42.3 Å². The van der Waals surface area contributed by atoms with Crippen LogP contribution in [-0.4, -0.2) is 23.6 Å². The molecule has 3 nitrogen and oxygen atoms in total. The number of carbonyl (C=O) groups excluding carboxylic acids is 1. The minimum absolute atomic E-state index is 0.394. The van der Waals surface area contributed by atoms with Crippen molar-refractivity contribution in [1.82, 2.24) is 4.57 Å². The van der Waals surface area contributed by atoms with Crippen LogP contribution in [0.4, 0.5) is 0 Å². The highest BCUT2D eigenvalue weighted by Gasteiger charge is 2.15. The summed E-state index contributed by atoms with van der Waals surface area (Å²) < 4.78 is 7.80. The summed E-state index contributed by atoms with van der Waals surface area (Å²) in [5.41, 5.74) is 1.82. The Bertz CT molecular complexity index is 553. The Morgan fingerprint density at radius 1 is 1.39 bits per heavy atom. The number of carbonyl (C=O) groups is 1. The summed E-state index contributed by atoms with van der Waals surface area (Å²) in [4.78, 5) is 11.1. The third-order valence-electron chi connectivity index (χ3n) is 3.66. The second-order valence-electron chi connectivity index (χ2n) is 4.84. The number of aryl methyl sites for hydroxylation is 1. The maximum Gasteiger partial charge on any atom is 0.152 e. The Labute approximate surface area is 106 Å². The smallest absolute Gasteiger partial charge is 0.152 e. The molecule has 1 aromatic carbocycles. The first kappa shape index (κ1) is 11.5. The number of hydrogen-bond acceptors (Lipinski definition) is 2. The van der Waals surface area contributed by atoms with Crippen LogP contribution in [0.3, 0.4) is 0 Å². The summed E-state index contributed by atoms with van der Waals surface area (Å²) in [5.74, 6) is 0. The Hall–Kier alpha value is -1.61. The second kappa shape index (κ2) is 4.94. The molecule has 1 aromatic heterocycles. The maximum absolute atomic E-state index is 11.1. The number of aromatic nitrogens is 1. The molecule has 1 unspecified atom stereocenters. The van der Waals surface area contributed by atoms with Crippen LogP contribution in [0.5, 0.6) is 0 Å². The van der Waals surface area contributed by atoms with Gasteiger partial charge in [0, 0.05) is 30.3 Å². The van der Waals surface area contributed by atoms with Crippen molar-refractivity contribution in [3.05, 3.63) is 36.0 Å². The summed E-state index contributed by atoms with van der Waals surface area (Å²) in [7, 11) is 0. The van der Waals surface area contributed by atoms with Gasteiger partial charge >= 0.3 is 0 Å². The molecular formula is C15H17NO2. The van der Waals surface area contributed by atoms with Gasteiger partial charge in [-0.25, -0.2) is 0 Å². The van der Waals surface area contributed by atoms with E-state index in [1.54, 1.807) is 0 Å². The zero-order valence-corrected chi connectivity index (χ0v) is 10.3. The molecule has 0 amide bonds. The zero-order chi connectivity index (χ0) is 12.4. The molecule has 1 saturated heterocycles. The summed E-state index contributed by atoms with van der Waals surface area (Å²) in [6.07, 6.45) is 6.76. The van der Waals surface area contributed by atoms with E-state index >= 15 is 0 Å². The lowest BCUT2D eigenvalue weighted by molar-refractivity contribution is 0.101. The minimum atomic E-state index is 0.394. The van der Waals surface area contributed by atoms with Crippen LogP contribution in [-0.2, 0) is 11.3 Å². The van der Waals surface area contributed by atoms with E-state index in [1.807, 2.05) is 18.2 Å². The fourth-order valence-corrected chi connectivity index (χ4v) is 2.73. The molecule has 2 aromatic rings. The molecule has 18 heavy (non-hydrogen) atoms. The van der Waals surface area contributed by atoms with Gasteiger partial charge in [-0.3, -0.25) is 4.79 Å². The van der Waals surface area contributed by atoms with Gasteiger partial charge in [-0.1, -0.05) is 12.1 Å². The highest BCUT2D eigenvalue weighted by Crippen LogP contribution is 2.21. The molecule has 94 valence electrons. The molecule has 1 atom stereocenters. The van der Waals surface area contributed by atoms with Crippen molar-refractivity contribution >= 4 is 17.2 Å². The van der Waals surface area contributed by atoms with E-state index < -0.39 is 0 Å². The van der Waals surface area contributed by atoms with Crippen molar-refractivity contribution in [2.75, 3.05) is 6.61 Å². The van der Waals surface area contributed by atoms with Crippen LogP contribution in [0.15, 0.2) is 30.5 Å². The van der Waals surface area contributed by atoms with Crippen LogP contribution in [0.1, 0.15) is 29.6 Å². The van der Waals surface area contributed by atoms with Crippen LogP contribution in [0.25, 0.3) is 10.9 Å². The minimum Gasteiger partial charge on any atom is -0.378 e. The molecule has 1 aliphatic heterocycles. The fraction of sp³-hybridized carbons (Fsp3) is 0.400. The molecule has 2 heterocycles. The molecule has 0 aliphatic carbocycles. The van der Waals surface area contributed by atoms with Crippen molar-refractivity contribution in [2.24, 2.45) is 0 Å². The van der Waals surface area contributed by atoms with Crippen molar-refractivity contribution in [1.29, 1.82) is 0 Å². The Balaban J connectivity index is 1.84. The second-order valence-corrected chi connectivity index (χ2v) is 4.84. The van der Waals surface area contributed by atoms with E-state index in [-0.39, 0.29) is 0 Å². The molecule has 0 N–H and O–H groups in total. The molecule has 0 bridgehead atoms. The first-order valence-corrected chi connectivity index (χ1v) is 6.53. The first-order chi connectivity index (χ1) is 8.88. The third kappa shape index (κ3) is 2.06. The largest absolute Gasteiger partial charge is 0.378 e. The van der Waals surface area contributed by atoms with Gasteiger partial charge in [0.15, 0.2) is 6.29 Å². The van der Waals surface area contributed by atoms with Crippen molar-refractivity contribution < 1.29 is 9.53 Å². The average Bonchev–Trinajstić information content (AvgIpc) is 3.05. The number of nitrogens with zero attached hydrogens (tertiary/aromatic N) is 1. The van der Waals surface area contributed by atoms with E-state index in [1.165, 1.54) is 12.8 Å². The highest BCUT2D eigenvalue weighted by molar-refractivity contribution is 5.96. The quantitative estimate of drug-likeness (QED) is 0.773. The number of aldehydes is 1. The summed E-state index contributed by atoms with van der Waals surface area (Å²) in [6.45, 7) is 1.82. The van der Waals surface area contributed by atoms with Gasteiger partial charge in [0.1, 0.15) is 0 Å². The normalized spacial score (nSPS) is 19.4. The van der Waals surface area contributed by atoms with Crippen LogP contribution in [0.2, 0.25) is 0 Å². The number of ether oxygens (including phenoxy) is 1. The van der Waals surface area contributed by atoms with Gasteiger partial charge in [-0.05, 0) is 31.4 Å². The molecule has 1 fully saturated rings. The predicted octanol–water partition coefficient (Wildman–Crippen LogP) is 3.02. The van der Waals surface area contributed by atoms with Gasteiger partial charge in [-0.2, -0.15) is 0 Å². The molecule has 0 spiro atoms. The van der Waals surface area contributed by atoms with Crippen molar-refractivity contribution in [3.63, 3.8) is 0 Å². The lowest BCUT2D eigenvalue weighted by Crippen LogP contribution is -2.09. The van der Waals surface area contributed by atoms with E-state index in [9.17, 15) is 4.79 Å². The van der Waals surface area contributed by atoms with Gasteiger partial charge in [0.05, 0.1) is 11.6 Å². The Kier molecular flexibility index (Phi) is 3.15. The lowest BCUT2D eigenvalue weighted by atomic mass is 10.1. The fourth-order valence-electron chi connectivity index (χ4n) is 2.73. The molecule has 0 saturated carbocycles. The summed E-state index contributed by atoms with van der Waals surface area (Å²) >= 11 is 0. The SMILES string of the molecule is O=Cc1cccc2ccn(CCC3CCCO3)c12. The van der Waals surface area contributed by atoms with Crippen molar-refractivity contribution in [3.8, 4) is 0 Å². The predicted molar refractivity (Wildman–Crippen MR) is 70.9 cm³/mol. The number of fused-ring (bicyclic) bond motifs is 1. The molecule has 3 heteroatoms. The van der Waals surface area contributed by atoms with E-state index in [0.29, 0.717) is 6.10 Å². The zero-order valence-electron chi connectivity index (χ0n) is 10.3. The average molecular weight is 243 g/mol. The Morgan fingerprint density at radius 2 is 2.33 bits per heavy atom. The van der Waals surface area contributed by atoms with Gasteiger partial charge < -0.3 is 9.30 Å². The molecule has 1 aliphatic rings. The number of benzene rings is 1. The number of para-hydroxylation sites is 1. The summed E-state index contributed by atoms with van der Waals surface area (Å²) in [6, 6.07) is 7.91. The van der Waals surface area contributed by atoms with Gasteiger partial charge in [-0.15, -0.1) is 0 Å². The molecule has 0 radical (unpaired) electrons. The van der Waals surface area contributed by atoms with Crippen molar-refractivity contribution in [2.45, 2.75) is 31.9 Å². The monoisotopic (exact) mass is 243 g/mol. The summed E-state index contributed by atoms with van der Waals surface area (Å²) in [5, 5.41) is 1.13. The maximum atomic E-state index is 11.1. The van der Waals surface area contributed by atoms with Gasteiger partial charge in [0.25, 0.3) is 0 Å². The van der Waals surface area contributed by atoms with Crippen LogP contribution < -0.4 is 0 Å². The highest BCUT2D eigenvalue weighted by atomic mass is 16.5. The number of rotatable bonds is 4. The molecule has 3 rings (SSSR count). The van der Waals surface area contributed by atoms with E-state index in [4.69, 9.17) is 4.74 Å². The lowest BCUT2D eigenvalue weighted by Gasteiger charge is -2.11. The van der Waals surface area contributed by atoms with Crippen LogP contribution in [0, 0.1) is 0 Å². The van der Waals surface area contributed by atoms with Gasteiger partial charge in [0.2, 0.25) is 0 Å². The first-order valence-electron chi connectivity index (χ1n) is 6.53. The third-order valence-corrected chi connectivity index (χ3v) is 3.66. The number of hydrogen-bond donors (Lipinski definition) is 0. The topological polar surface area (TPSA) is 31.2 Å². The van der Waals surface area contributed by atoms with E-state index in [2.05, 4.69) is 16.8 Å².